The Balaban J connectivity index is 1.57. The van der Waals surface area contributed by atoms with Crippen molar-refractivity contribution >= 4 is 38.6 Å². The van der Waals surface area contributed by atoms with Gasteiger partial charge in [0, 0.05) is 11.1 Å². The monoisotopic (exact) mass is 514 g/mol. The van der Waals surface area contributed by atoms with Crippen molar-refractivity contribution in [1.29, 1.82) is 5.26 Å². The number of carbonyl (C=O) groups excluding carboxylic acids is 1. The number of carbonyl (C=O) groups is 1. The molecule has 0 aromatic heterocycles. The Kier molecular flexibility index (Phi) is 7.41. The average molecular weight is 515 g/mol. The Morgan fingerprint density at radius 2 is 1.62 bits per heavy atom. The average Bonchev–Trinajstić information content (AvgIpc) is 2.92. The molecule has 0 fully saturated rings. The smallest absolute Gasteiger partial charge is 0.339 e. The van der Waals surface area contributed by atoms with Crippen LogP contribution in [-0.4, -0.2) is 28.5 Å². The van der Waals surface area contributed by atoms with Gasteiger partial charge in [0.05, 0.1) is 14.2 Å². The van der Waals surface area contributed by atoms with Crippen molar-refractivity contribution < 1.29 is 26.9 Å². The van der Waals surface area contributed by atoms with Gasteiger partial charge in [-0.1, -0.05) is 42.5 Å². The Morgan fingerprint density at radius 1 is 0.892 bits per heavy atom. The highest BCUT2D eigenvalue weighted by molar-refractivity contribution is 7.87. The molecule has 1 amide bonds. The molecular formula is C28H22N2O6S. The number of hydrogen-bond acceptors (Lipinski definition) is 7. The van der Waals surface area contributed by atoms with Crippen LogP contribution in [-0.2, 0) is 14.9 Å². The standard InChI is InChI=1S/C28H22N2O6S/c1-34-22-11-13-23(14-12-22)37(32,33)36-26-15-10-19(17-27(26)35-2)16-21(18-29)28(31)30-25-9-5-7-20-6-3-4-8-24(20)25/h3-17H,1-2H3,(H,30,31)/b21-16+. The molecule has 37 heavy (non-hydrogen) atoms. The minimum absolute atomic E-state index is 0.0471. The number of amides is 1. The minimum Gasteiger partial charge on any atom is -0.497 e. The van der Waals surface area contributed by atoms with Gasteiger partial charge < -0.3 is 19.0 Å². The van der Waals surface area contributed by atoms with Gasteiger partial charge >= 0.3 is 10.1 Å². The molecular weight excluding hydrogens is 492 g/mol. The quantitative estimate of drug-likeness (QED) is 0.196. The minimum atomic E-state index is -4.14. The molecule has 0 unspecified atom stereocenters. The van der Waals surface area contributed by atoms with Gasteiger partial charge in [0.25, 0.3) is 5.91 Å². The van der Waals surface area contributed by atoms with Crippen LogP contribution in [0, 0.1) is 11.3 Å². The van der Waals surface area contributed by atoms with Crippen LogP contribution in [0.15, 0.2) is 95.4 Å². The maximum atomic E-state index is 12.9. The third-order valence-electron chi connectivity index (χ3n) is 5.45. The van der Waals surface area contributed by atoms with Gasteiger partial charge in [-0.3, -0.25) is 4.79 Å². The van der Waals surface area contributed by atoms with Crippen LogP contribution in [0.4, 0.5) is 5.69 Å². The fraction of sp³-hybridized carbons (Fsp3) is 0.0714. The van der Waals surface area contributed by atoms with Crippen molar-refractivity contribution in [2.75, 3.05) is 19.5 Å². The van der Waals surface area contributed by atoms with E-state index in [1.807, 2.05) is 42.5 Å². The van der Waals surface area contributed by atoms with E-state index in [1.54, 1.807) is 6.07 Å². The van der Waals surface area contributed by atoms with Crippen molar-refractivity contribution in [3.05, 3.63) is 96.1 Å². The largest absolute Gasteiger partial charge is 0.497 e. The van der Waals surface area contributed by atoms with E-state index in [1.165, 1.54) is 62.8 Å². The van der Waals surface area contributed by atoms with E-state index in [-0.39, 0.29) is 22.0 Å². The van der Waals surface area contributed by atoms with Gasteiger partial charge in [-0.25, -0.2) is 0 Å². The first-order chi connectivity index (χ1) is 17.8. The molecule has 0 aliphatic rings. The van der Waals surface area contributed by atoms with Crippen LogP contribution >= 0.6 is 0 Å². The third-order valence-corrected chi connectivity index (χ3v) is 6.70. The molecule has 0 aliphatic carbocycles. The number of fused-ring (bicyclic) bond motifs is 1. The first-order valence-corrected chi connectivity index (χ1v) is 12.4. The van der Waals surface area contributed by atoms with Gasteiger partial charge in [-0.05, 0) is 59.5 Å². The first-order valence-electron chi connectivity index (χ1n) is 11.0. The maximum Gasteiger partial charge on any atom is 0.339 e. The Labute approximate surface area is 214 Å². The summed E-state index contributed by atoms with van der Waals surface area (Å²) in [6, 6.07) is 25.1. The van der Waals surface area contributed by atoms with Crippen LogP contribution in [0.3, 0.4) is 0 Å². The van der Waals surface area contributed by atoms with Crippen LogP contribution in [0.5, 0.6) is 17.2 Å². The molecule has 0 radical (unpaired) electrons. The lowest BCUT2D eigenvalue weighted by atomic mass is 10.1. The summed E-state index contributed by atoms with van der Waals surface area (Å²) >= 11 is 0. The zero-order valence-electron chi connectivity index (χ0n) is 20.0. The molecule has 0 spiro atoms. The molecule has 9 heteroatoms. The highest BCUT2D eigenvalue weighted by atomic mass is 32.2. The Hall–Kier alpha value is -4.81. The predicted octanol–water partition coefficient (Wildman–Crippen LogP) is 5.17. The van der Waals surface area contributed by atoms with Gasteiger partial charge in [-0.2, -0.15) is 13.7 Å². The van der Waals surface area contributed by atoms with E-state index in [9.17, 15) is 18.5 Å². The van der Waals surface area contributed by atoms with Gasteiger partial charge in [-0.15, -0.1) is 0 Å². The highest BCUT2D eigenvalue weighted by Crippen LogP contribution is 2.32. The summed E-state index contributed by atoms with van der Waals surface area (Å²) in [4.78, 5) is 12.8. The molecule has 0 bridgehead atoms. The highest BCUT2D eigenvalue weighted by Gasteiger charge is 2.20. The van der Waals surface area contributed by atoms with Crippen LogP contribution < -0.4 is 19.0 Å². The van der Waals surface area contributed by atoms with E-state index >= 15 is 0 Å². The molecule has 4 aromatic rings. The van der Waals surface area contributed by atoms with Gasteiger partial charge in [0.2, 0.25) is 0 Å². The van der Waals surface area contributed by atoms with Crippen LogP contribution in [0.2, 0.25) is 0 Å². The number of ether oxygens (including phenoxy) is 2. The fourth-order valence-corrected chi connectivity index (χ4v) is 4.53. The third kappa shape index (κ3) is 5.72. The number of nitriles is 1. The lowest BCUT2D eigenvalue weighted by molar-refractivity contribution is -0.112. The molecule has 0 atom stereocenters. The second kappa shape index (κ2) is 10.8. The number of rotatable bonds is 8. The van der Waals surface area contributed by atoms with E-state index in [2.05, 4.69) is 5.32 Å². The summed E-state index contributed by atoms with van der Waals surface area (Å²) in [5.41, 5.74) is 0.875. The second-order valence-electron chi connectivity index (χ2n) is 7.77. The molecule has 1 N–H and O–H groups in total. The topological polar surface area (TPSA) is 115 Å². The lowest BCUT2D eigenvalue weighted by Crippen LogP contribution is -2.13. The number of hydrogen-bond donors (Lipinski definition) is 1. The molecule has 0 saturated carbocycles. The van der Waals surface area contributed by atoms with Crippen molar-refractivity contribution in [3.8, 4) is 23.3 Å². The number of nitrogens with one attached hydrogen (secondary N) is 1. The van der Waals surface area contributed by atoms with Crippen molar-refractivity contribution in [1.82, 2.24) is 0 Å². The molecule has 0 aliphatic heterocycles. The summed E-state index contributed by atoms with van der Waals surface area (Å²) in [5, 5.41) is 14.2. The SMILES string of the molecule is COc1ccc(S(=O)(=O)Oc2ccc(/C=C(\C#N)C(=O)Nc3cccc4ccccc34)cc2OC)cc1. The zero-order valence-corrected chi connectivity index (χ0v) is 20.8. The van der Waals surface area contributed by atoms with Crippen LogP contribution in [0.25, 0.3) is 16.8 Å². The summed E-state index contributed by atoms with van der Waals surface area (Å²) < 4.78 is 41.0. The second-order valence-corrected chi connectivity index (χ2v) is 9.32. The lowest BCUT2D eigenvalue weighted by Gasteiger charge is -2.12. The molecule has 0 saturated heterocycles. The Morgan fingerprint density at radius 3 is 2.32 bits per heavy atom. The first kappa shape index (κ1) is 25.3. The zero-order chi connectivity index (χ0) is 26.4. The number of methoxy groups -OCH3 is 2. The van der Waals surface area contributed by atoms with E-state index < -0.39 is 16.0 Å². The fourth-order valence-electron chi connectivity index (χ4n) is 3.59. The molecule has 8 nitrogen and oxygen atoms in total. The maximum absolute atomic E-state index is 12.9. The van der Waals surface area contributed by atoms with E-state index in [4.69, 9.17) is 13.7 Å². The predicted molar refractivity (Wildman–Crippen MR) is 140 cm³/mol. The summed E-state index contributed by atoms with van der Waals surface area (Å²) in [6.45, 7) is 0. The van der Waals surface area contributed by atoms with Gasteiger partial charge in [0.1, 0.15) is 22.3 Å². The summed E-state index contributed by atoms with van der Waals surface area (Å²) in [5.74, 6) is -0.0162. The number of anilines is 1. The summed E-state index contributed by atoms with van der Waals surface area (Å²) in [7, 11) is -1.31. The number of benzene rings is 4. The van der Waals surface area contributed by atoms with Gasteiger partial charge in [0.15, 0.2) is 11.5 Å². The molecule has 4 aromatic carbocycles. The molecule has 0 heterocycles. The van der Waals surface area contributed by atoms with E-state index in [0.717, 1.165) is 10.8 Å². The van der Waals surface area contributed by atoms with E-state index in [0.29, 0.717) is 17.0 Å². The molecule has 186 valence electrons. The Bertz CT molecular complexity index is 1630. The van der Waals surface area contributed by atoms with Crippen molar-refractivity contribution in [2.45, 2.75) is 4.90 Å². The van der Waals surface area contributed by atoms with Crippen LogP contribution in [0.1, 0.15) is 5.56 Å². The van der Waals surface area contributed by atoms with Crippen molar-refractivity contribution in [3.63, 3.8) is 0 Å². The number of nitrogens with zero attached hydrogens (tertiary/aromatic N) is 1. The molecule has 4 rings (SSSR count). The normalized spacial score (nSPS) is 11.4. The van der Waals surface area contributed by atoms with Crippen molar-refractivity contribution in [2.24, 2.45) is 0 Å². The summed E-state index contributed by atoms with van der Waals surface area (Å²) in [6.07, 6.45) is 1.38.